The average molecular weight is 466 g/mol. The standard InChI is InChI=1S/C27H27N7O/c35-27(20-12-14-33(15-13-20)26-11-10-25-31-30-18-34(25)32-26)29-16-22(19-6-2-1-3-7-19)23-17-28-24-9-5-4-8-21(23)24/h1-11,17-18,20,22,28H,12-16H2,(H,29,35). The smallest absolute Gasteiger partial charge is 0.223 e. The number of carbonyl (C=O) groups is 1. The topological polar surface area (TPSA) is 91.2 Å². The van der Waals surface area contributed by atoms with Crippen molar-refractivity contribution in [2.24, 2.45) is 5.92 Å². The van der Waals surface area contributed by atoms with E-state index in [9.17, 15) is 4.79 Å². The van der Waals surface area contributed by atoms with Crippen molar-refractivity contribution in [2.45, 2.75) is 18.8 Å². The Bertz CT molecular complexity index is 1450. The molecule has 1 unspecified atom stereocenters. The second-order valence-electron chi connectivity index (χ2n) is 9.08. The molecular weight excluding hydrogens is 438 g/mol. The molecule has 8 heteroatoms. The highest BCUT2D eigenvalue weighted by atomic mass is 16.1. The number of anilines is 1. The highest BCUT2D eigenvalue weighted by molar-refractivity contribution is 5.84. The van der Waals surface area contributed by atoms with Gasteiger partial charge in [-0.05, 0) is 42.2 Å². The number of benzene rings is 2. The van der Waals surface area contributed by atoms with Gasteiger partial charge in [-0.2, -0.15) is 4.52 Å². The first-order chi connectivity index (χ1) is 17.3. The van der Waals surface area contributed by atoms with Crippen LogP contribution in [-0.2, 0) is 4.79 Å². The first-order valence-electron chi connectivity index (χ1n) is 12.1. The van der Waals surface area contributed by atoms with Gasteiger partial charge in [0.05, 0.1) is 0 Å². The van der Waals surface area contributed by atoms with Crippen LogP contribution < -0.4 is 10.2 Å². The molecule has 1 aliphatic heterocycles. The van der Waals surface area contributed by atoms with Gasteiger partial charge in [0.1, 0.15) is 12.1 Å². The SMILES string of the molecule is O=C(NCC(c1ccccc1)c1c[nH]c2ccccc12)C1CCN(c2ccc3nncn3n2)CC1. The van der Waals surface area contributed by atoms with Gasteiger partial charge < -0.3 is 15.2 Å². The molecule has 0 aliphatic carbocycles. The van der Waals surface area contributed by atoms with Crippen LogP contribution in [0, 0.1) is 5.92 Å². The minimum atomic E-state index is 0.00397. The molecule has 1 atom stereocenters. The molecule has 0 saturated carbocycles. The molecule has 1 aliphatic rings. The molecule has 0 bridgehead atoms. The number of amides is 1. The van der Waals surface area contributed by atoms with Gasteiger partial charge in [0.25, 0.3) is 0 Å². The molecule has 1 saturated heterocycles. The van der Waals surface area contributed by atoms with Crippen LogP contribution in [0.4, 0.5) is 5.82 Å². The third kappa shape index (κ3) is 4.23. The number of carbonyl (C=O) groups excluding carboxylic acids is 1. The number of hydrogen-bond donors (Lipinski definition) is 2. The molecule has 8 nitrogen and oxygen atoms in total. The van der Waals surface area contributed by atoms with E-state index in [0.29, 0.717) is 6.54 Å². The Morgan fingerprint density at radius 2 is 1.83 bits per heavy atom. The molecule has 0 radical (unpaired) electrons. The van der Waals surface area contributed by atoms with Crippen LogP contribution in [0.5, 0.6) is 0 Å². The fourth-order valence-electron chi connectivity index (χ4n) is 5.08. The van der Waals surface area contributed by atoms with Gasteiger partial charge in [-0.15, -0.1) is 15.3 Å². The van der Waals surface area contributed by atoms with E-state index in [0.717, 1.165) is 42.9 Å². The van der Waals surface area contributed by atoms with E-state index in [2.05, 4.69) is 79.2 Å². The van der Waals surface area contributed by atoms with E-state index in [1.165, 1.54) is 16.5 Å². The lowest BCUT2D eigenvalue weighted by Gasteiger charge is -2.32. The summed E-state index contributed by atoms with van der Waals surface area (Å²) in [5.41, 5.74) is 4.24. The first-order valence-corrected chi connectivity index (χ1v) is 12.1. The molecule has 2 aromatic carbocycles. The van der Waals surface area contributed by atoms with Gasteiger partial charge in [0, 0.05) is 48.6 Å². The molecule has 4 heterocycles. The van der Waals surface area contributed by atoms with Crippen molar-refractivity contribution >= 4 is 28.3 Å². The van der Waals surface area contributed by atoms with E-state index >= 15 is 0 Å². The number of nitrogens with one attached hydrogen (secondary N) is 2. The van der Waals surface area contributed by atoms with Crippen LogP contribution >= 0.6 is 0 Å². The minimum absolute atomic E-state index is 0.00397. The predicted molar refractivity (Wildman–Crippen MR) is 135 cm³/mol. The largest absolute Gasteiger partial charge is 0.361 e. The zero-order chi connectivity index (χ0) is 23.6. The van der Waals surface area contributed by atoms with Crippen LogP contribution in [0.3, 0.4) is 0 Å². The van der Waals surface area contributed by atoms with E-state index < -0.39 is 0 Å². The summed E-state index contributed by atoms with van der Waals surface area (Å²) >= 11 is 0. The molecule has 3 aromatic heterocycles. The molecule has 5 aromatic rings. The number of fused-ring (bicyclic) bond motifs is 2. The summed E-state index contributed by atoms with van der Waals surface area (Å²) in [7, 11) is 0. The number of piperidine rings is 1. The van der Waals surface area contributed by atoms with Crippen molar-refractivity contribution in [2.75, 3.05) is 24.5 Å². The zero-order valence-corrected chi connectivity index (χ0v) is 19.3. The number of hydrogen-bond acceptors (Lipinski definition) is 5. The Morgan fingerprint density at radius 1 is 1.03 bits per heavy atom. The maximum atomic E-state index is 13.2. The zero-order valence-electron chi connectivity index (χ0n) is 19.3. The predicted octanol–water partition coefficient (Wildman–Crippen LogP) is 3.77. The lowest BCUT2D eigenvalue weighted by atomic mass is 9.90. The molecule has 2 N–H and O–H groups in total. The van der Waals surface area contributed by atoms with Crippen molar-refractivity contribution in [1.29, 1.82) is 0 Å². The van der Waals surface area contributed by atoms with E-state index in [1.807, 2.05) is 24.3 Å². The summed E-state index contributed by atoms with van der Waals surface area (Å²) in [5, 5.41) is 17.0. The summed E-state index contributed by atoms with van der Waals surface area (Å²) in [5.74, 6) is 1.10. The van der Waals surface area contributed by atoms with Gasteiger partial charge in [0.2, 0.25) is 5.91 Å². The third-order valence-corrected chi connectivity index (χ3v) is 7.02. The Labute approximate surface area is 203 Å². The van der Waals surface area contributed by atoms with E-state index in [-0.39, 0.29) is 17.7 Å². The average Bonchev–Trinajstić information content (AvgIpc) is 3.56. The Balaban J connectivity index is 1.13. The number of nitrogens with zero attached hydrogens (tertiary/aromatic N) is 5. The molecule has 1 fully saturated rings. The van der Waals surface area contributed by atoms with E-state index in [4.69, 9.17) is 0 Å². The summed E-state index contributed by atoms with van der Waals surface area (Å²) in [6.07, 6.45) is 5.29. The van der Waals surface area contributed by atoms with Crippen molar-refractivity contribution in [1.82, 2.24) is 30.1 Å². The van der Waals surface area contributed by atoms with Gasteiger partial charge in [-0.3, -0.25) is 4.79 Å². The number of rotatable bonds is 6. The van der Waals surface area contributed by atoms with Gasteiger partial charge in [0.15, 0.2) is 5.65 Å². The number of aromatic nitrogens is 5. The lowest BCUT2D eigenvalue weighted by Crippen LogP contribution is -2.42. The van der Waals surface area contributed by atoms with Crippen LogP contribution in [0.25, 0.3) is 16.6 Å². The molecular formula is C27H27N7O. The second kappa shape index (κ2) is 9.21. The fraction of sp³-hybridized carbons (Fsp3) is 0.259. The minimum Gasteiger partial charge on any atom is -0.361 e. The fourth-order valence-corrected chi connectivity index (χ4v) is 5.08. The van der Waals surface area contributed by atoms with Crippen molar-refractivity contribution in [3.8, 4) is 0 Å². The van der Waals surface area contributed by atoms with Crippen molar-refractivity contribution in [3.05, 3.63) is 90.4 Å². The summed E-state index contributed by atoms with van der Waals surface area (Å²) in [6.45, 7) is 2.16. The maximum Gasteiger partial charge on any atom is 0.223 e. The van der Waals surface area contributed by atoms with Crippen LogP contribution in [0.2, 0.25) is 0 Å². The molecule has 6 rings (SSSR count). The van der Waals surface area contributed by atoms with Gasteiger partial charge in [-0.1, -0.05) is 48.5 Å². The first kappa shape index (κ1) is 21.3. The van der Waals surface area contributed by atoms with Crippen LogP contribution in [0.15, 0.2) is 79.3 Å². The maximum absolute atomic E-state index is 13.2. The summed E-state index contributed by atoms with van der Waals surface area (Å²) in [6, 6.07) is 22.6. The van der Waals surface area contributed by atoms with Crippen molar-refractivity contribution in [3.63, 3.8) is 0 Å². The number of H-pyrrole nitrogens is 1. The lowest BCUT2D eigenvalue weighted by molar-refractivity contribution is -0.125. The number of aromatic amines is 1. The van der Waals surface area contributed by atoms with Gasteiger partial charge >= 0.3 is 0 Å². The molecule has 35 heavy (non-hydrogen) atoms. The summed E-state index contributed by atoms with van der Waals surface area (Å²) < 4.78 is 1.68. The Hall–Kier alpha value is -4.20. The van der Waals surface area contributed by atoms with Crippen molar-refractivity contribution < 1.29 is 4.79 Å². The second-order valence-corrected chi connectivity index (χ2v) is 9.08. The molecule has 1 amide bonds. The normalized spacial score (nSPS) is 15.5. The summed E-state index contributed by atoms with van der Waals surface area (Å²) in [4.78, 5) is 18.8. The van der Waals surface area contributed by atoms with Crippen LogP contribution in [-0.4, -0.2) is 50.3 Å². The highest BCUT2D eigenvalue weighted by Crippen LogP contribution is 2.31. The monoisotopic (exact) mass is 465 g/mol. The number of para-hydroxylation sites is 1. The quantitative estimate of drug-likeness (QED) is 0.398. The highest BCUT2D eigenvalue weighted by Gasteiger charge is 2.27. The molecule has 176 valence electrons. The van der Waals surface area contributed by atoms with E-state index in [1.54, 1.807) is 10.8 Å². The Kier molecular flexibility index (Phi) is 5.62. The molecule has 0 spiro atoms. The Morgan fingerprint density at radius 3 is 2.69 bits per heavy atom. The van der Waals surface area contributed by atoms with Gasteiger partial charge in [-0.25, -0.2) is 0 Å². The third-order valence-electron chi connectivity index (χ3n) is 7.02. The van der Waals surface area contributed by atoms with Crippen LogP contribution in [0.1, 0.15) is 29.9 Å².